The van der Waals surface area contributed by atoms with Crippen LogP contribution < -0.4 is 5.32 Å². The normalized spacial score (nSPS) is 31.6. The second kappa shape index (κ2) is 8.99. The van der Waals surface area contributed by atoms with Crippen molar-refractivity contribution < 1.29 is 24.9 Å². The highest BCUT2D eigenvalue weighted by Gasteiger charge is 2.45. The smallest absolute Gasteiger partial charge is 0.217 e. The van der Waals surface area contributed by atoms with Crippen molar-refractivity contribution in [2.45, 2.75) is 50.6 Å². The number of aliphatic hydroxyl groups excluding tert-OH is 3. The lowest BCUT2D eigenvalue weighted by atomic mass is 9.98. The molecule has 1 amide bonds. The quantitative estimate of drug-likeness (QED) is 0.481. The largest absolute Gasteiger partial charge is 0.394 e. The van der Waals surface area contributed by atoms with Gasteiger partial charge >= 0.3 is 0 Å². The predicted molar refractivity (Wildman–Crippen MR) is 88.5 cm³/mol. The highest BCUT2D eigenvalue weighted by molar-refractivity contribution is 8.23. The van der Waals surface area contributed by atoms with Crippen LogP contribution in [-0.4, -0.2) is 79.9 Å². The molecule has 7 nitrogen and oxygen atoms in total. The number of thiocarbonyl (C=S) groups is 1. The summed E-state index contributed by atoms with van der Waals surface area (Å²) < 4.78 is 6.19. The maximum absolute atomic E-state index is 11.3. The fourth-order valence-electron chi connectivity index (χ4n) is 2.23. The van der Waals surface area contributed by atoms with Crippen LogP contribution >= 0.6 is 24.0 Å². The molecule has 0 radical (unpaired) electrons. The van der Waals surface area contributed by atoms with Crippen molar-refractivity contribution in [2.75, 3.05) is 19.7 Å². The lowest BCUT2D eigenvalue weighted by Gasteiger charge is -2.42. The second-order valence-corrected chi connectivity index (χ2v) is 6.72. The molecule has 1 aliphatic heterocycles. The number of thioether (sulfide) groups is 1. The van der Waals surface area contributed by atoms with Crippen molar-refractivity contribution in [1.29, 1.82) is 0 Å². The van der Waals surface area contributed by atoms with Crippen molar-refractivity contribution in [2.24, 2.45) is 0 Å². The average molecular weight is 352 g/mol. The fourth-order valence-corrected chi connectivity index (χ4v) is 3.95. The van der Waals surface area contributed by atoms with Gasteiger partial charge in [-0.25, -0.2) is 0 Å². The minimum atomic E-state index is -1.28. The number of nitrogens with one attached hydrogen (secondary N) is 1. The molecular weight excluding hydrogens is 328 g/mol. The molecule has 5 unspecified atom stereocenters. The van der Waals surface area contributed by atoms with Gasteiger partial charge in [0.05, 0.1) is 12.6 Å². The van der Waals surface area contributed by atoms with Crippen LogP contribution in [-0.2, 0) is 9.53 Å². The first-order valence-electron chi connectivity index (χ1n) is 7.20. The molecule has 0 aromatic carbocycles. The van der Waals surface area contributed by atoms with Crippen molar-refractivity contribution in [3.8, 4) is 0 Å². The van der Waals surface area contributed by atoms with Gasteiger partial charge < -0.3 is 30.3 Å². The van der Waals surface area contributed by atoms with E-state index in [1.807, 2.05) is 18.7 Å². The summed E-state index contributed by atoms with van der Waals surface area (Å²) in [4.78, 5) is 13.3. The third-order valence-electron chi connectivity index (χ3n) is 3.49. The summed E-state index contributed by atoms with van der Waals surface area (Å²) in [6.07, 6.45) is -3.44. The van der Waals surface area contributed by atoms with Crippen LogP contribution in [0, 0.1) is 0 Å². The number of ether oxygens (including phenoxy) is 1. The van der Waals surface area contributed by atoms with E-state index < -0.39 is 36.4 Å². The van der Waals surface area contributed by atoms with Crippen molar-refractivity contribution in [3.05, 3.63) is 0 Å². The van der Waals surface area contributed by atoms with Crippen LogP contribution in [0.4, 0.5) is 0 Å². The van der Waals surface area contributed by atoms with Gasteiger partial charge in [0.15, 0.2) is 0 Å². The van der Waals surface area contributed by atoms with E-state index in [2.05, 4.69) is 5.32 Å². The minimum Gasteiger partial charge on any atom is -0.394 e. The summed E-state index contributed by atoms with van der Waals surface area (Å²) in [6.45, 7) is 6.29. The average Bonchev–Trinajstić information content (AvgIpc) is 2.47. The maximum Gasteiger partial charge on any atom is 0.217 e. The number of rotatable bonds is 5. The summed E-state index contributed by atoms with van der Waals surface area (Å²) >= 11 is 6.54. The van der Waals surface area contributed by atoms with Gasteiger partial charge in [-0.1, -0.05) is 24.0 Å². The molecule has 128 valence electrons. The van der Waals surface area contributed by atoms with E-state index in [0.29, 0.717) is 4.32 Å². The Morgan fingerprint density at radius 1 is 1.32 bits per heavy atom. The van der Waals surface area contributed by atoms with Gasteiger partial charge in [-0.05, 0) is 13.8 Å². The van der Waals surface area contributed by atoms with Crippen LogP contribution in [0.15, 0.2) is 0 Å². The summed E-state index contributed by atoms with van der Waals surface area (Å²) in [5.41, 5.74) is -0.687. The lowest BCUT2D eigenvalue weighted by Crippen LogP contribution is -2.63. The number of nitrogens with zero attached hydrogens (tertiary/aromatic N) is 1. The number of amides is 1. The zero-order chi connectivity index (χ0) is 16.9. The second-order valence-electron chi connectivity index (χ2n) is 4.99. The van der Waals surface area contributed by atoms with Gasteiger partial charge in [-0.2, -0.15) is 0 Å². The van der Waals surface area contributed by atoms with Crippen LogP contribution in [0.2, 0.25) is 0 Å². The molecular formula is C13H24N2O5S2. The molecule has 0 saturated carbocycles. The Bertz CT molecular complexity index is 395. The van der Waals surface area contributed by atoms with E-state index in [1.54, 1.807) is 0 Å². The Labute approximate surface area is 140 Å². The molecule has 0 bridgehead atoms. The highest BCUT2D eigenvalue weighted by atomic mass is 32.2. The number of aliphatic hydroxyl groups is 3. The molecule has 1 saturated heterocycles. The van der Waals surface area contributed by atoms with Crippen LogP contribution in [0.1, 0.15) is 20.8 Å². The summed E-state index contributed by atoms with van der Waals surface area (Å²) in [7, 11) is 0. The molecule has 0 aliphatic carbocycles. The molecule has 1 fully saturated rings. The van der Waals surface area contributed by atoms with Gasteiger partial charge in [0.1, 0.15) is 28.1 Å². The van der Waals surface area contributed by atoms with Gasteiger partial charge in [-0.15, -0.1) is 0 Å². The molecule has 5 atom stereocenters. The molecule has 4 N–H and O–H groups in total. The van der Waals surface area contributed by atoms with E-state index in [1.165, 1.54) is 18.7 Å². The zero-order valence-electron chi connectivity index (χ0n) is 12.9. The van der Waals surface area contributed by atoms with Crippen LogP contribution in [0.25, 0.3) is 0 Å². The maximum atomic E-state index is 11.3. The molecule has 9 heteroatoms. The van der Waals surface area contributed by atoms with E-state index >= 15 is 0 Å². The van der Waals surface area contributed by atoms with E-state index in [-0.39, 0.29) is 5.91 Å². The molecule has 1 heterocycles. The number of hydrogen-bond donors (Lipinski definition) is 4. The molecule has 0 aromatic rings. The first-order valence-corrected chi connectivity index (χ1v) is 8.49. The fraction of sp³-hybridized carbons (Fsp3) is 0.846. The Kier molecular flexibility index (Phi) is 8.01. The van der Waals surface area contributed by atoms with Crippen molar-refractivity contribution >= 4 is 34.2 Å². The lowest BCUT2D eigenvalue weighted by molar-refractivity contribution is -0.173. The zero-order valence-corrected chi connectivity index (χ0v) is 14.6. The first kappa shape index (κ1) is 19.6. The third-order valence-corrected chi connectivity index (χ3v) is 5.13. The van der Waals surface area contributed by atoms with Gasteiger partial charge in [0, 0.05) is 20.0 Å². The number of carbonyl (C=O) groups excluding carboxylic acids is 1. The van der Waals surface area contributed by atoms with E-state index in [4.69, 9.17) is 17.0 Å². The molecule has 1 rings (SSSR count). The van der Waals surface area contributed by atoms with Gasteiger partial charge in [0.25, 0.3) is 0 Å². The van der Waals surface area contributed by atoms with Crippen LogP contribution in [0.5, 0.6) is 0 Å². The number of hydrogen-bond acceptors (Lipinski definition) is 7. The molecule has 22 heavy (non-hydrogen) atoms. The predicted octanol–water partition coefficient (Wildman–Crippen LogP) is -0.710. The van der Waals surface area contributed by atoms with E-state index in [9.17, 15) is 20.1 Å². The Hall–Kier alpha value is -0.450. The molecule has 0 aromatic heterocycles. The Morgan fingerprint density at radius 2 is 1.91 bits per heavy atom. The summed E-state index contributed by atoms with van der Waals surface area (Å²) in [5, 5.41) is 32.0. The SMILES string of the molecule is CCN(CC)C(=S)SC1OC(CO)C(O)C(O)C1NC(C)=O. The Morgan fingerprint density at radius 3 is 2.36 bits per heavy atom. The summed E-state index contributed by atoms with van der Waals surface area (Å²) in [6, 6.07) is -0.811. The highest BCUT2D eigenvalue weighted by Crippen LogP contribution is 2.30. The van der Waals surface area contributed by atoms with E-state index in [0.717, 1.165) is 13.1 Å². The summed E-state index contributed by atoms with van der Waals surface area (Å²) in [5.74, 6) is -0.346. The first-order chi connectivity index (χ1) is 10.3. The molecule has 1 aliphatic rings. The molecule has 0 spiro atoms. The van der Waals surface area contributed by atoms with Crippen molar-refractivity contribution in [3.63, 3.8) is 0 Å². The topological polar surface area (TPSA) is 102 Å². The van der Waals surface area contributed by atoms with Crippen LogP contribution in [0.3, 0.4) is 0 Å². The monoisotopic (exact) mass is 352 g/mol. The minimum absolute atomic E-state index is 0.346. The number of carbonyl (C=O) groups is 1. The van der Waals surface area contributed by atoms with Gasteiger partial charge in [0.2, 0.25) is 5.91 Å². The standard InChI is InChI=1S/C13H24N2O5S2/c1-4-15(5-2)13(21)22-12-9(14-7(3)17)11(19)10(18)8(6-16)20-12/h8-12,16,18-19H,4-6H2,1-3H3,(H,14,17). The van der Waals surface area contributed by atoms with Crippen molar-refractivity contribution in [1.82, 2.24) is 10.2 Å². The Balaban J connectivity index is 2.89. The third kappa shape index (κ3) is 4.77. The van der Waals surface area contributed by atoms with Gasteiger partial charge in [-0.3, -0.25) is 4.79 Å².